The van der Waals surface area contributed by atoms with E-state index in [1.165, 1.54) is 0 Å². The van der Waals surface area contributed by atoms with Crippen LogP contribution < -0.4 is 14.8 Å². The number of fused-ring (bicyclic) bond motifs is 1. The first-order valence-electron chi connectivity index (χ1n) is 9.30. The van der Waals surface area contributed by atoms with Gasteiger partial charge in [0.25, 0.3) is 0 Å². The lowest BCUT2D eigenvalue weighted by atomic mass is 9.75. The highest BCUT2D eigenvalue weighted by Gasteiger charge is 2.39. The minimum Gasteiger partial charge on any atom is -0.460 e. The van der Waals surface area contributed by atoms with E-state index >= 15 is 0 Å². The van der Waals surface area contributed by atoms with Gasteiger partial charge >= 0.3 is 5.97 Å². The van der Waals surface area contributed by atoms with Crippen LogP contribution in [0.1, 0.15) is 51.5 Å². The third kappa shape index (κ3) is 3.09. The molecule has 4 rings (SSSR count). The van der Waals surface area contributed by atoms with Crippen LogP contribution in [0.4, 0.5) is 0 Å². The molecule has 0 aromatic heterocycles. The summed E-state index contributed by atoms with van der Waals surface area (Å²) in [6.07, 6.45) is 1.86. The van der Waals surface area contributed by atoms with Crippen LogP contribution in [-0.4, -0.2) is 24.6 Å². The Bertz CT molecular complexity index is 881. The number of esters is 1. The average Bonchev–Trinajstić information content (AvgIpc) is 3.07. The normalized spacial score (nSPS) is 21.3. The van der Waals surface area contributed by atoms with Crippen LogP contribution >= 0.6 is 0 Å². The quantitative estimate of drug-likeness (QED) is 0.824. The first-order chi connectivity index (χ1) is 13.0. The molecular formula is C21H23NO5. The second kappa shape index (κ2) is 6.76. The number of carbonyl (C=O) groups is 2. The minimum absolute atomic E-state index is 0.0776. The first kappa shape index (κ1) is 17.6. The maximum absolute atomic E-state index is 12.9. The molecule has 2 aliphatic heterocycles. The van der Waals surface area contributed by atoms with Gasteiger partial charge in [-0.3, -0.25) is 4.79 Å². The molecule has 0 fully saturated rings. The Balaban J connectivity index is 1.84. The van der Waals surface area contributed by atoms with Crippen molar-refractivity contribution < 1.29 is 23.8 Å². The molecular weight excluding hydrogens is 346 g/mol. The predicted octanol–water partition coefficient (Wildman–Crippen LogP) is 3.33. The highest BCUT2D eigenvalue weighted by Crippen LogP contribution is 2.45. The number of ketones is 1. The van der Waals surface area contributed by atoms with Crippen LogP contribution in [0.25, 0.3) is 0 Å². The molecule has 1 aromatic carbocycles. The van der Waals surface area contributed by atoms with Gasteiger partial charge in [-0.2, -0.15) is 0 Å². The molecule has 6 heteroatoms. The van der Waals surface area contributed by atoms with E-state index < -0.39 is 11.9 Å². The lowest BCUT2D eigenvalue weighted by Gasteiger charge is -2.34. The van der Waals surface area contributed by atoms with E-state index in [1.54, 1.807) is 0 Å². The van der Waals surface area contributed by atoms with Crippen LogP contribution in [0.5, 0.6) is 11.5 Å². The third-order valence-corrected chi connectivity index (χ3v) is 5.07. The molecule has 1 atom stereocenters. The van der Waals surface area contributed by atoms with Crippen molar-refractivity contribution in [2.45, 2.75) is 52.1 Å². The molecule has 0 amide bonds. The summed E-state index contributed by atoms with van der Waals surface area (Å²) in [6, 6.07) is 5.58. The van der Waals surface area contributed by atoms with Crippen molar-refractivity contribution in [1.82, 2.24) is 5.32 Å². The Hall–Kier alpha value is -2.76. The molecule has 6 nitrogen and oxygen atoms in total. The summed E-state index contributed by atoms with van der Waals surface area (Å²) in [7, 11) is 0. The standard InChI is InChI=1S/C21H23NO5/c1-11(2)27-21(24)18-12(3)22-14-5-4-6-15(23)20(14)19(18)13-7-8-16-17(9-13)26-10-25-16/h7-9,11,19,22H,4-6,10H2,1-3H3/t19-/m1/s1. The fourth-order valence-electron chi connectivity index (χ4n) is 3.96. The number of allylic oxidation sites excluding steroid dienone is 3. The van der Waals surface area contributed by atoms with Gasteiger partial charge in [0.15, 0.2) is 17.3 Å². The fraction of sp³-hybridized carbons (Fsp3) is 0.429. The molecule has 142 valence electrons. The fourth-order valence-corrected chi connectivity index (χ4v) is 3.96. The monoisotopic (exact) mass is 369 g/mol. The number of nitrogens with one attached hydrogen (secondary N) is 1. The second-order valence-corrected chi connectivity index (χ2v) is 7.33. The summed E-state index contributed by atoms with van der Waals surface area (Å²) in [6.45, 7) is 5.67. The zero-order valence-electron chi connectivity index (χ0n) is 15.8. The third-order valence-electron chi connectivity index (χ3n) is 5.07. The Morgan fingerprint density at radius 3 is 2.78 bits per heavy atom. The minimum atomic E-state index is -0.463. The van der Waals surface area contributed by atoms with Gasteiger partial charge in [0.2, 0.25) is 6.79 Å². The molecule has 1 aliphatic carbocycles. The van der Waals surface area contributed by atoms with Gasteiger partial charge in [-0.05, 0) is 51.3 Å². The van der Waals surface area contributed by atoms with Gasteiger partial charge in [-0.25, -0.2) is 4.79 Å². The molecule has 1 aromatic rings. The van der Waals surface area contributed by atoms with Gasteiger partial charge in [0, 0.05) is 29.3 Å². The highest BCUT2D eigenvalue weighted by molar-refractivity contribution is 6.03. The second-order valence-electron chi connectivity index (χ2n) is 7.33. The molecule has 0 spiro atoms. The summed E-state index contributed by atoms with van der Waals surface area (Å²) < 4.78 is 16.4. The van der Waals surface area contributed by atoms with Crippen molar-refractivity contribution >= 4 is 11.8 Å². The van der Waals surface area contributed by atoms with Crippen molar-refractivity contribution in [3.8, 4) is 11.5 Å². The van der Waals surface area contributed by atoms with Gasteiger partial charge in [0.1, 0.15) is 0 Å². The van der Waals surface area contributed by atoms with Crippen molar-refractivity contribution in [2.75, 3.05) is 6.79 Å². The van der Waals surface area contributed by atoms with E-state index in [1.807, 2.05) is 39.0 Å². The largest absolute Gasteiger partial charge is 0.460 e. The molecule has 27 heavy (non-hydrogen) atoms. The Morgan fingerprint density at radius 1 is 1.22 bits per heavy atom. The van der Waals surface area contributed by atoms with Crippen LogP contribution in [0, 0.1) is 0 Å². The van der Waals surface area contributed by atoms with Crippen molar-refractivity contribution in [3.63, 3.8) is 0 Å². The van der Waals surface area contributed by atoms with Gasteiger partial charge in [0.05, 0.1) is 11.7 Å². The average molecular weight is 369 g/mol. The number of carbonyl (C=O) groups excluding carboxylic acids is 2. The first-order valence-corrected chi connectivity index (χ1v) is 9.30. The summed E-state index contributed by atoms with van der Waals surface area (Å²) in [5.41, 5.74) is 3.63. The predicted molar refractivity (Wildman–Crippen MR) is 98.3 cm³/mol. The number of hydrogen-bond acceptors (Lipinski definition) is 6. The molecule has 2 heterocycles. The van der Waals surface area contributed by atoms with Crippen molar-refractivity contribution in [3.05, 3.63) is 46.3 Å². The lowest BCUT2D eigenvalue weighted by molar-refractivity contribution is -0.143. The molecule has 0 bridgehead atoms. The van der Waals surface area contributed by atoms with E-state index in [0.717, 1.165) is 29.8 Å². The number of dihydropyridines is 1. The number of rotatable bonds is 3. The molecule has 0 unspecified atom stereocenters. The van der Waals surface area contributed by atoms with Crippen LogP contribution in [0.15, 0.2) is 40.7 Å². The van der Waals surface area contributed by atoms with Crippen molar-refractivity contribution in [2.24, 2.45) is 0 Å². The number of ether oxygens (including phenoxy) is 3. The van der Waals surface area contributed by atoms with Crippen molar-refractivity contribution in [1.29, 1.82) is 0 Å². The summed E-state index contributed by atoms with van der Waals surface area (Å²) in [5.74, 6) is 0.515. The molecule has 0 saturated carbocycles. The molecule has 0 radical (unpaired) electrons. The smallest absolute Gasteiger partial charge is 0.337 e. The van der Waals surface area contributed by atoms with E-state index in [0.29, 0.717) is 29.1 Å². The maximum atomic E-state index is 12.9. The lowest BCUT2D eigenvalue weighted by Crippen LogP contribution is -2.34. The maximum Gasteiger partial charge on any atom is 0.337 e. The Labute approximate surface area is 158 Å². The Morgan fingerprint density at radius 2 is 2.00 bits per heavy atom. The zero-order chi connectivity index (χ0) is 19.1. The SMILES string of the molecule is CC1=C(C(=O)OC(C)C)[C@@H](c2ccc3c(c2)OCO3)C2=C(CCCC2=O)N1. The van der Waals surface area contributed by atoms with E-state index in [9.17, 15) is 9.59 Å². The van der Waals surface area contributed by atoms with E-state index in [2.05, 4.69) is 5.32 Å². The van der Waals surface area contributed by atoms with Gasteiger partial charge in [-0.15, -0.1) is 0 Å². The van der Waals surface area contributed by atoms with Gasteiger partial charge < -0.3 is 19.5 Å². The summed E-state index contributed by atoms with van der Waals surface area (Å²) in [4.78, 5) is 25.7. The molecule has 3 aliphatic rings. The van der Waals surface area contributed by atoms with Crippen LogP contribution in [0.3, 0.4) is 0 Å². The molecule has 0 saturated heterocycles. The number of benzene rings is 1. The summed E-state index contributed by atoms with van der Waals surface area (Å²) in [5, 5.41) is 3.29. The number of Topliss-reactive ketones (excluding diaryl/α,β-unsaturated/α-hetero) is 1. The Kier molecular flexibility index (Phi) is 4.42. The molecule has 1 N–H and O–H groups in total. The topological polar surface area (TPSA) is 73.9 Å². The van der Waals surface area contributed by atoms with Crippen LogP contribution in [0.2, 0.25) is 0 Å². The zero-order valence-corrected chi connectivity index (χ0v) is 15.8. The highest BCUT2D eigenvalue weighted by atomic mass is 16.7. The van der Waals surface area contributed by atoms with E-state index in [4.69, 9.17) is 14.2 Å². The van der Waals surface area contributed by atoms with Gasteiger partial charge in [-0.1, -0.05) is 6.07 Å². The van der Waals surface area contributed by atoms with Crippen LogP contribution in [-0.2, 0) is 14.3 Å². The van der Waals surface area contributed by atoms with E-state index in [-0.39, 0.29) is 18.7 Å². The summed E-state index contributed by atoms with van der Waals surface area (Å²) >= 11 is 0. The number of hydrogen-bond donors (Lipinski definition) is 1.